The van der Waals surface area contributed by atoms with Gasteiger partial charge < -0.3 is 0 Å². The molecule has 0 atom stereocenters. The molecular weight excluding hydrogens is 426 g/mol. The number of fused-ring (bicyclic) bond motifs is 1. The molecule has 0 aliphatic carbocycles. The first-order chi connectivity index (χ1) is 16.6. The Kier molecular flexibility index (Phi) is 6.98. The van der Waals surface area contributed by atoms with Crippen LogP contribution in [0.4, 0.5) is 0 Å². The number of nitrogens with zero attached hydrogens (tertiary/aromatic N) is 3. The average Bonchev–Trinajstić information content (AvgIpc) is 3.24. The summed E-state index contributed by atoms with van der Waals surface area (Å²) in [5.74, 6) is 0. The van der Waals surface area contributed by atoms with Crippen LogP contribution in [0.25, 0.3) is 33.3 Å². The zero-order chi connectivity index (χ0) is 25.2. The molecule has 182 valence electrons. The van der Waals surface area contributed by atoms with Gasteiger partial charge >= 0.3 is 0 Å². The lowest BCUT2D eigenvalue weighted by molar-refractivity contribution is 0.507. The third-order valence-electron chi connectivity index (χ3n) is 6.72. The highest BCUT2D eigenvalue weighted by Crippen LogP contribution is 2.35. The minimum atomic E-state index is 0.130. The maximum Gasteiger partial charge on any atom is 0.121 e. The van der Waals surface area contributed by atoms with Gasteiger partial charge in [-0.25, -0.2) is 0 Å². The molecule has 0 saturated carbocycles. The van der Waals surface area contributed by atoms with Crippen LogP contribution in [0.1, 0.15) is 71.9 Å². The van der Waals surface area contributed by atoms with E-state index in [1.54, 1.807) is 0 Å². The molecule has 1 aromatic heterocycles. The van der Waals surface area contributed by atoms with Crippen molar-refractivity contribution in [1.82, 2.24) is 15.0 Å². The van der Waals surface area contributed by atoms with Gasteiger partial charge in [-0.3, -0.25) is 0 Å². The molecule has 3 aromatic carbocycles. The van der Waals surface area contributed by atoms with Crippen molar-refractivity contribution in [2.75, 3.05) is 0 Å². The summed E-state index contributed by atoms with van der Waals surface area (Å²) in [5.41, 5.74) is 9.48. The van der Waals surface area contributed by atoms with Crippen molar-refractivity contribution in [3.05, 3.63) is 84.4 Å². The van der Waals surface area contributed by atoms with Gasteiger partial charge in [0.1, 0.15) is 11.0 Å². The molecule has 0 spiro atoms. The average molecular weight is 466 g/mol. The van der Waals surface area contributed by atoms with Crippen molar-refractivity contribution in [1.29, 1.82) is 0 Å². The quantitative estimate of drug-likeness (QED) is 0.202. The fourth-order valence-corrected chi connectivity index (χ4v) is 4.44. The molecule has 0 fully saturated rings. The van der Waals surface area contributed by atoms with Gasteiger partial charge in [0.05, 0.1) is 6.54 Å². The van der Waals surface area contributed by atoms with E-state index in [2.05, 4.69) is 109 Å². The van der Waals surface area contributed by atoms with Gasteiger partial charge in [0.25, 0.3) is 0 Å². The SMILES string of the molecule is C=CCCCCn1nc2c(-c3ccc(C(C)(C)C)cc3)ccc(-c3ccc(C(C)(C)C)cc3)c2n1. The second-order valence-corrected chi connectivity index (χ2v) is 11.6. The van der Waals surface area contributed by atoms with Crippen molar-refractivity contribution in [3.8, 4) is 22.3 Å². The van der Waals surface area contributed by atoms with Gasteiger partial charge in [0.2, 0.25) is 0 Å². The van der Waals surface area contributed by atoms with Crippen LogP contribution >= 0.6 is 0 Å². The molecular formula is C32H39N3. The summed E-state index contributed by atoms with van der Waals surface area (Å²) in [6, 6.07) is 22.2. The topological polar surface area (TPSA) is 30.7 Å². The highest BCUT2D eigenvalue weighted by Gasteiger charge is 2.18. The molecule has 0 bridgehead atoms. The number of rotatable bonds is 7. The van der Waals surface area contributed by atoms with E-state index in [1.807, 2.05) is 10.9 Å². The number of hydrogen-bond donors (Lipinski definition) is 0. The highest BCUT2D eigenvalue weighted by molar-refractivity contribution is 6.00. The van der Waals surface area contributed by atoms with Crippen molar-refractivity contribution in [2.24, 2.45) is 0 Å². The van der Waals surface area contributed by atoms with Crippen LogP contribution in [0.3, 0.4) is 0 Å². The van der Waals surface area contributed by atoms with Crippen LogP contribution in [0.5, 0.6) is 0 Å². The predicted octanol–water partition coefficient (Wildman–Crippen LogP) is 8.72. The Labute approximate surface area is 210 Å². The molecule has 0 radical (unpaired) electrons. The van der Waals surface area contributed by atoms with Crippen LogP contribution < -0.4 is 0 Å². The largest absolute Gasteiger partial charge is 0.184 e. The van der Waals surface area contributed by atoms with E-state index in [1.165, 1.54) is 22.3 Å². The Morgan fingerprint density at radius 3 is 1.46 bits per heavy atom. The lowest BCUT2D eigenvalue weighted by atomic mass is 9.85. The van der Waals surface area contributed by atoms with Crippen LogP contribution in [0.15, 0.2) is 73.3 Å². The molecule has 0 aliphatic heterocycles. The van der Waals surface area contributed by atoms with E-state index in [-0.39, 0.29) is 10.8 Å². The van der Waals surface area contributed by atoms with Crippen LogP contribution in [-0.4, -0.2) is 15.0 Å². The van der Waals surface area contributed by atoms with E-state index in [0.29, 0.717) is 0 Å². The maximum atomic E-state index is 4.98. The van der Waals surface area contributed by atoms with Crippen LogP contribution in [0.2, 0.25) is 0 Å². The lowest BCUT2D eigenvalue weighted by Gasteiger charge is -2.19. The second kappa shape index (κ2) is 9.81. The molecule has 35 heavy (non-hydrogen) atoms. The van der Waals surface area contributed by atoms with E-state index in [0.717, 1.165) is 48.0 Å². The van der Waals surface area contributed by atoms with Crippen molar-refractivity contribution >= 4 is 11.0 Å². The molecule has 3 nitrogen and oxygen atoms in total. The third-order valence-corrected chi connectivity index (χ3v) is 6.72. The first-order valence-corrected chi connectivity index (χ1v) is 12.8. The summed E-state index contributed by atoms with van der Waals surface area (Å²) >= 11 is 0. The van der Waals surface area contributed by atoms with Gasteiger partial charge in [-0.2, -0.15) is 15.0 Å². The minimum absolute atomic E-state index is 0.130. The molecule has 1 heterocycles. The Morgan fingerprint density at radius 2 is 1.09 bits per heavy atom. The maximum absolute atomic E-state index is 4.98. The second-order valence-electron chi connectivity index (χ2n) is 11.6. The van der Waals surface area contributed by atoms with Gasteiger partial charge in [0, 0.05) is 11.1 Å². The predicted molar refractivity (Wildman–Crippen MR) is 150 cm³/mol. The number of unbranched alkanes of at least 4 members (excludes halogenated alkanes) is 2. The molecule has 0 N–H and O–H groups in total. The smallest absolute Gasteiger partial charge is 0.121 e. The molecule has 0 saturated heterocycles. The summed E-state index contributed by atoms with van der Waals surface area (Å²) in [4.78, 5) is 1.88. The molecule has 0 amide bonds. The van der Waals surface area contributed by atoms with Crippen LogP contribution in [-0.2, 0) is 17.4 Å². The zero-order valence-electron chi connectivity index (χ0n) is 22.2. The molecule has 4 aromatic rings. The standard InChI is InChI=1S/C32H39N3/c1-8-9-10-11-22-35-33-29-27(23-12-16-25(17-13-23)31(2,3)4)20-21-28(30(29)34-35)24-14-18-26(19-15-24)32(5,6)7/h8,12-21H,1,9-11,22H2,2-7H3. The van der Waals surface area contributed by atoms with E-state index < -0.39 is 0 Å². The van der Waals surface area contributed by atoms with Crippen LogP contribution in [0, 0.1) is 0 Å². The fourth-order valence-electron chi connectivity index (χ4n) is 4.44. The summed E-state index contributed by atoms with van der Waals surface area (Å²) in [5, 5.41) is 9.96. The minimum Gasteiger partial charge on any atom is -0.184 e. The highest BCUT2D eigenvalue weighted by atomic mass is 15.5. The first-order valence-electron chi connectivity index (χ1n) is 12.8. The number of aromatic nitrogens is 3. The Bertz CT molecular complexity index is 1200. The summed E-state index contributed by atoms with van der Waals surface area (Å²) < 4.78 is 0. The number of allylic oxidation sites excluding steroid dienone is 1. The van der Waals surface area contributed by atoms with Gasteiger partial charge in [-0.15, -0.1) is 6.58 Å². The Balaban J connectivity index is 1.78. The van der Waals surface area contributed by atoms with E-state index >= 15 is 0 Å². The third kappa shape index (κ3) is 5.56. The number of benzene rings is 3. The molecule has 0 unspecified atom stereocenters. The Morgan fingerprint density at radius 1 is 0.657 bits per heavy atom. The fraction of sp³-hybridized carbons (Fsp3) is 0.375. The van der Waals surface area contributed by atoms with Crippen molar-refractivity contribution in [2.45, 2.75) is 78.2 Å². The normalized spacial score (nSPS) is 12.3. The number of hydrogen-bond acceptors (Lipinski definition) is 2. The zero-order valence-corrected chi connectivity index (χ0v) is 22.2. The van der Waals surface area contributed by atoms with E-state index in [4.69, 9.17) is 10.2 Å². The molecule has 3 heteroatoms. The number of aryl methyl sites for hydroxylation is 1. The first kappa shape index (κ1) is 24.9. The van der Waals surface area contributed by atoms with Crippen molar-refractivity contribution in [3.63, 3.8) is 0 Å². The Hall–Kier alpha value is -3.20. The summed E-state index contributed by atoms with van der Waals surface area (Å²) in [6.45, 7) is 18.1. The molecule has 4 rings (SSSR count). The van der Waals surface area contributed by atoms with Gasteiger partial charge in [-0.1, -0.05) is 108 Å². The summed E-state index contributed by atoms with van der Waals surface area (Å²) in [7, 11) is 0. The summed E-state index contributed by atoms with van der Waals surface area (Å²) in [6.07, 6.45) is 5.14. The van der Waals surface area contributed by atoms with Gasteiger partial charge in [-0.05, 0) is 52.3 Å². The monoisotopic (exact) mass is 465 g/mol. The van der Waals surface area contributed by atoms with E-state index in [9.17, 15) is 0 Å². The lowest BCUT2D eigenvalue weighted by Crippen LogP contribution is -2.10. The molecule has 0 aliphatic rings. The van der Waals surface area contributed by atoms with Crippen molar-refractivity contribution < 1.29 is 0 Å². The van der Waals surface area contributed by atoms with Gasteiger partial charge in [0.15, 0.2) is 0 Å².